The lowest BCUT2D eigenvalue weighted by Crippen LogP contribution is -2.44. The summed E-state index contributed by atoms with van der Waals surface area (Å²) in [5.41, 5.74) is 1.89. The van der Waals surface area contributed by atoms with Crippen LogP contribution in [-0.4, -0.2) is 30.7 Å². The number of benzene rings is 1. The summed E-state index contributed by atoms with van der Waals surface area (Å²) < 4.78 is 10.1. The zero-order valence-electron chi connectivity index (χ0n) is 9.66. The molecule has 1 amide bonds. The Labute approximate surface area is 103 Å². The molecule has 18 heavy (non-hydrogen) atoms. The topological polar surface area (TPSA) is 117 Å². The number of rotatable bonds is 6. The molecule has 0 aliphatic carbocycles. The van der Waals surface area contributed by atoms with Crippen molar-refractivity contribution >= 4 is 11.6 Å². The second-order valence-electron chi connectivity index (χ2n) is 3.32. The van der Waals surface area contributed by atoms with E-state index in [1.54, 1.807) is 0 Å². The minimum Gasteiger partial charge on any atom is -0.478 e. The zero-order chi connectivity index (χ0) is 13.5. The van der Waals surface area contributed by atoms with Crippen molar-refractivity contribution in [2.75, 3.05) is 13.7 Å². The van der Waals surface area contributed by atoms with Gasteiger partial charge in [-0.1, -0.05) is 0 Å². The predicted octanol–water partition coefficient (Wildman–Crippen LogP) is -0.0215. The van der Waals surface area contributed by atoms with Crippen molar-refractivity contribution in [1.82, 2.24) is 5.43 Å². The third-order valence-electron chi connectivity index (χ3n) is 2.08. The number of amides is 1. The fraction of sp³-hybridized carbons (Fsp3) is 0.300. The summed E-state index contributed by atoms with van der Waals surface area (Å²) in [6, 6.07) is 5.34. The Hall–Kier alpha value is -2.19. The third kappa shape index (κ3) is 3.68. The van der Waals surface area contributed by atoms with Gasteiger partial charge in [-0.3, -0.25) is 20.3 Å². The first-order valence-corrected chi connectivity index (χ1v) is 4.99. The third-order valence-corrected chi connectivity index (χ3v) is 2.08. The minimum atomic E-state index is -0.915. The molecule has 0 aliphatic rings. The van der Waals surface area contributed by atoms with Crippen molar-refractivity contribution in [2.45, 2.75) is 6.10 Å². The Kier molecular flexibility index (Phi) is 5.03. The molecule has 0 saturated heterocycles. The number of nitro benzene ring substituents is 1. The predicted molar refractivity (Wildman–Crippen MR) is 61.7 cm³/mol. The van der Waals surface area contributed by atoms with Crippen LogP contribution in [0.3, 0.4) is 0 Å². The van der Waals surface area contributed by atoms with E-state index < -0.39 is 16.9 Å². The second-order valence-corrected chi connectivity index (χ2v) is 3.32. The molecule has 0 bridgehead atoms. The first-order valence-electron chi connectivity index (χ1n) is 4.99. The summed E-state index contributed by atoms with van der Waals surface area (Å²) in [6.07, 6.45) is -0.915. The number of non-ortho nitro benzene ring substituents is 1. The molecule has 1 aromatic rings. The number of nitrogens with zero attached hydrogens (tertiary/aromatic N) is 1. The van der Waals surface area contributed by atoms with Crippen LogP contribution in [-0.2, 0) is 9.53 Å². The Morgan fingerprint density at radius 2 is 2.11 bits per heavy atom. The molecular weight excluding hydrogens is 242 g/mol. The number of hydrazine groups is 1. The van der Waals surface area contributed by atoms with Crippen molar-refractivity contribution in [3.8, 4) is 5.75 Å². The molecule has 8 nitrogen and oxygen atoms in total. The number of hydrogen-bond acceptors (Lipinski definition) is 6. The second kappa shape index (κ2) is 6.52. The lowest BCUT2D eigenvalue weighted by Gasteiger charge is -2.16. The van der Waals surface area contributed by atoms with Gasteiger partial charge in [-0.15, -0.1) is 0 Å². The lowest BCUT2D eigenvalue weighted by molar-refractivity contribution is -0.384. The number of carbonyl (C=O) groups is 1. The zero-order valence-corrected chi connectivity index (χ0v) is 9.66. The van der Waals surface area contributed by atoms with Crippen LogP contribution in [0.5, 0.6) is 5.75 Å². The number of methoxy groups -OCH3 is 1. The van der Waals surface area contributed by atoms with E-state index in [9.17, 15) is 14.9 Å². The van der Waals surface area contributed by atoms with Gasteiger partial charge in [0.15, 0.2) is 0 Å². The first kappa shape index (κ1) is 13.9. The van der Waals surface area contributed by atoms with Gasteiger partial charge >= 0.3 is 0 Å². The molecule has 0 fully saturated rings. The van der Waals surface area contributed by atoms with Crippen molar-refractivity contribution in [2.24, 2.45) is 5.84 Å². The van der Waals surface area contributed by atoms with Crippen LogP contribution in [0.1, 0.15) is 0 Å². The maximum absolute atomic E-state index is 11.3. The van der Waals surface area contributed by atoms with Crippen LogP contribution in [0.25, 0.3) is 0 Å². The quantitative estimate of drug-likeness (QED) is 0.319. The normalized spacial score (nSPS) is 11.7. The Morgan fingerprint density at radius 1 is 1.50 bits per heavy atom. The Morgan fingerprint density at radius 3 is 2.56 bits per heavy atom. The van der Waals surface area contributed by atoms with Crippen LogP contribution in [0, 0.1) is 10.1 Å². The SMILES string of the molecule is COCC(Oc1ccc([N+](=O)[O-])cc1)C(=O)NN. The monoisotopic (exact) mass is 255 g/mol. The fourth-order valence-electron chi connectivity index (χ4n) is 1.22. The smallest absolute Gasteiger partial charge is 0.277 e. The molecule has 1 aromatic carbocycles. The minimum absolute atomic E-state index is 0.0139. The standard InChI is InChI=1S/C10H13N3O5/c1-17-6-9(10(14)12-11)18-8-4-2-7(3-5-8)13(15)16/h2-5,9H,6,11H2,1H3,(H,12,14). The molecule has 0 heterocycles. The van der Waals surface area contributed by atoms with E-state index in [2.05, 4.69) is 0 Å². The Bertz CT molecular complexity index is 420. The molecule has 1 rings (SSSR count). The van der Waals surface area contributed by atoms with E-state index in [4.69, 9.17) is 15.3 Å². The summed E-state index contributed by atoms with van der Waals surface area (Å²) in [6.45, 7) is 0.0139. The van der Waals surface area contributed by atoms with Crippen molar-refractivity contribution in [3.63, 3.8) is 0 Å². The fourth-order valence-corrected chi connectivity index (χ4v) is 1.22. The van der Waals surface area contributed by atoms with Gasteiger partial charge in [-0.2, -0.15) is 0 Å². The molecular formula is C10H13N3O5. The van der Waals surface area contributed by atoms with Crippen molar-refractivity contribution < 1.29 is 19.2 Å². The molecule has 0 aliphatic heterocycles. The molecule has 1 unspecified atom stereocenters. The van der Waals surface area contributed by atoms with E-state index in [-0.39, 0.29) is 12.3 Å². The molecule has 0 aromatic heterocycles. The summed E-state index contributed by atoms with van der Waals surface area (Å²) in [7, 11) is 1.41. The van der Waals surface area contributed by atoms with Gasteiger partial charge in [0.1, 0.15) is 5.75 Å². The van der Waals surface area contributed by atoms with Gasteiger partial charge in [-0.25, -0.2) is 5.84 Å². The average Bonchev–Trinajstić information content (AvgIpc) is 2.38. The molecule has 1 atom stereocenters. The highest BCUT2D eigenvalue weighted by atomic mass is 16.6. The van der Waals surface area contributed by atoms with E-state index in [1.807, 2.05) is 5.43 Å². The highest BCUT2D eigenvalue weighted by Crippen LogP contribution is 2.18. The molecule has 8 heteroatoms. The van der Waals surface area contributed by atoms with Crippen molar-refractivity contribution in [3.05, 3.63) is 34.4 Å². The molecule has 3 N–H and O–H groups in total. The van der Waals surface area contributed by atoms with Gasteiger partial charge < -0.3 is 9.47 Å². The van der Waals surface area contributed by atoms with Gasteiger partial charge in [0.2, 0.25) is 6.10 Å². The largest absolute Gasteiger partial charge is 0.478 e. The number of carbonyl (C=O) groups excluding carboxylic acids is 1. The lowest BCUT2D eigenvalue weighted by atomic mass is 10.3. The van der Waals surface area contributed by atoms with E-state index in [0.717, 1.165) is 0 Å². The molecule has 98 valence electrons. The molecule has 0 saturated carbocycles. The number of nitro groups is 1. The maximum atomic E-state index is 11.3. The van der Waals surface area contributed by atoms with Crippen LogP contribution in [0.15, 0.2) is 24.3 Å². The van der Waals surface area contributed by atoms with Crippen LogP contribution in [0.4, 0.5) is 5.69 Å². The van der Waals surface area contributed by atoms with E-state index in [1.165, 1.54) is 31.4 Å². The average molecular weight is 255 g/mol. The summed E-state index contributed by atoms with van der Waals surface area (Å²) in [5.74, 6) is 4.76. The van der Waals surface area contributed by atoms with Crippen molar-refractivity contribution in [1.29, 1.82) is 0 Å². The van der Waals surface area contributed by atoms with Gasteiger partial charge in [0.25, 0.3) is 11.6 Å². The summed E-state index contributed by atoms with van der Waals surface area (Å²) in [5, 5.41) is 10.5. The van der Waals surface area contributed by atoms with Crippen LogP contribution >= 0.6 is 0 Å². The van der Waals surface area contributed by atoms with E-state index >= 15 is 0 Å². The first-order chi connectivity index (χ1) is 8.58. The Balaban J connectivity index is 2.74. The van der Waals surface area contributed by atoms with Gasteiger partial charge in [-0.05, 0) is 12.1 Å². The van der Waals surface area contributed by atoms with Crippen LogP contribution < -0.4 is 16.0 Å². The summed E-state index contributed by atoms with van der Waals surface area (Å²) >= 11 is 0. The summed E-state index contributed by atoms with van der Waals surface area (Å²) in [4.78, 5) is 21.3. The highest BCUT2D eigenvalue weighted by molar-refractivity contribution is 5.80. The number of hydrogen-bond donors (Lipinski definition) is 2. The van der Waals surface area contributed by atoms with E-state index in [0.29, 0.717) is 5.75 Å². The van der Waals surface area contributed by atoms with Gasteiger partial charge in [0, 0.05) is 19.2 Å². The maximum Gasteiger partial charge on any atom is 0.277 e. The molecule has 0 radical (unpaired) electrons. The highest BCUT2D eigenvalue weighted by Gasteiger charge is 2.19. The van der Waals surface area contributed by atoms with Gasteiger partial charge in [0.05, 0.1) is 11.5 Å². The van der Waals surface area contributed by atoms with Crippen LogP contribution in [0.2, 0.25) is 0 Å². The number of nitrogens with one attached hydrogen (secondary N) is 1. The number of ether oxygens (including phenoxy) is 2. The molecule has 0 spiro atoms. The number of nitrogens with two attached hydrogens (primary N) is 1.